The maximum atomic E-state index is 10.1. The standard InChI is InChI=1S/C8H20N2.C8H8O.C2H6/c1-8(7-9-2)5-6-10(3)4;1-7-2-4-8(6-9)5-3-7;1-2/h8-9H,5-7H2,1-4H3;2-6H,1H3;1-2H3. The topological polar surface area (TPSA) is 32.3 Å². The zero-order chi connectivity index (χ0) is 16.7. The van der Waals surface area contributed by atoms with Gasteiger partial charge in [-0.05, 0) is 53.5 Å². The Kier molecular flexibility index (Phi) is 16.0. The van der Waals surface area contributed by atoms with E-state index in [2.05, 4.69) is 31.2 Å². The van der Waals surface area contributed by atoms with Crippen molar-refractivity contribution in [2.75, 3.05) is 34.2 Å². The van der Waals surface area contributed by atoms with Gasteiger partial charge in [-0.3, -0.25) is 4.79 Å². The molecule has 0 amide bonds. The number of aryl methyl sites for hydroxylation is 1. The summed E-state index contributed by atoms with van der Waals surface area (Å²) in [6.07, 6.45) is 2.13. The molecule has 1 aromatic rings. The minimum absolute atomic E-state index is 0.737. The summed E-state index contributed by atoms with van der Waals surface area (Å²) in [6.45, 7) is 10.6. The molecule has 21 heavy (non-hydrogen) atoms. The molecule has 0 bridgehead atoms. The Morgan fingerprint density at radius 3 is 2.10 bits per heavy atom. The van der Waals surface area contributed by atoms with Crippen molar-refractivity contribution in [3.63, 3.8) is 0 Å². The molecule has 0 aliphatic carbocycles. The van der Waals surface area contributed by atoms with Gasteiger partial charge in [-0.2, -0.15) is 0 Å². The van der Waals surface area contributed by atoms with E-state index >= 15 is 0 Å². The molecular formula is C18H34N2O. The molecule has 0 fully saturated rings. The molecule has 3 heteroatoms. The summed E-state index contributed by atoms with van der Waals surface area (Å²) >= 11 is 0. The molecule has 122 valence electrons. The Labute approximate surface area is 131 Å². The normalized spacial score (nSPS) is 10.9. The Bertz CT molecular complexity index is 334. The summed E-state index contributed by atoms with van der Waals surface area (Å²) < 4.78 is 0. The number of carbonyl (C=O) groups excluding carboxylic acids is 1. The van der Waals surface area contributed by atoms with Crippen LogP contribution in [0.25, 0.3) is 0 Å². The maximum absolute atomic E-state index is 10.1. The summed E-state index contributed by atoms with van der Waals surface area (Å²) in [4.78, 5) is 12.3. The first-order valence-electron chi connectivity index (χ1n) is 7.80. The molecule has 1 atom stereocenters. The largest absolute Gasteiger partial charge is 0.319 e. The molecule has 3 nitrogen and oxygen atoms in total. The Morgan fingerprint density at radius 2 is 1.71 bits per heavy atom. The number of aldehydes is 1. The molecule has 1 unspecified atom stereocenters. The average molecular weight is 294 g/mol. The number of hydrogen-bond donors (Lipinski definition) is 1. The van der Waals surface area contributed by atoms with Gasteiger partial charge in [-0.1, -0.05) is 50.6 Å². The van der Waals surface area contributed by atoms with Crippen molar-refractivity contribution < 1.29 is 4.79 Å². The van der Waals surface area contributed by atoms with Gasteiger partial charge in [0.2, 0.25) is 0 Å². The molecule has 0 radical (unpaired) electrons. The van der Waals surface area contributed by atoms with Gasteiger partial charge in [0.25, 0.3) is 0 Å². The number of nitrogens with one attached hydrogen (secondary N) is 1. The molecular weight excluding hydrogens is 260 g/mol. The highest BCUT2D eigenvalue weighted by Crippen LogP contribution is 1.99. The second kappa shape index (κ2) is 15.2. The van der Waals surface area contributed by atoms with Crippen molar-refractivity contribution in [3.8, 4) is 0 Å². The average Bonchev–Trinajstić information content (AvgIpc) is 2.49. The molecule has 0 aromatic heterocycles. The van der Waals surface area contributed by atoms with Gasteiger partial charge >= 0.3 is 0 Å². The van der Waals surface area contributed by atoms with Gasteiger partial charge in [0.15, 0.2) is 0 Å². The zero-order valence-electron chi connectivity index (χ0n) is 14.9. The summed E-state index contributed by atoms with van der Waals surface area (Å²) in [5, 5.41) is 3.17. The van der Waals surface area contributed by atoms with Gasteiger partial charge in [-0.25, -0.2) is 0 Å². The van der Waals surface area contributed by atoms with E-state index in [1.54, 1.807) is 0 Å². The first-order valence-corrected chi connectivity index (χ1v) is 7.80. The molecule has 0 spiro atoms. The third kappa shape index (κ3) is 15.0. The summed E-state index contributed by atoms with van der Waals surface area (Å²) in [5.41, 5.74) is 1.92. The minimum atomic E-state index is 0.737. The quantitative estimate of drug-likeness (QED) is 0.813. The van der Waals surface area contributed by atoms with Crippen molar-refractivity contribution in [2.45, 2.75) is 34.1 Å². The minimum Gasteiger partial charge on any atom is -0.319 e. The van der Waals surface area contributed by atoms with Crippen LogP contribution in [0.1, 0.15) is 43.1 Å². The fourth-order valence-electron chi connectivity index (χ4n) is 1.57. The third-order valence-electron chi connectivity index (χ3n) is 2.84. The summed E-state index contributed by atoms with van der Waals surface area (Å²) in [6, 6.07) is 7.46. The third-order valence-corrected chi connectivity index (χ3v) is 2.84. The van der Waals surface area contributed by atoms with Gasteiger partial charge in [-0.15, -0.1) is 0 Å². The molecule has 1 N–H and O–H groups in total. The summed E-state index contributed by atoms with van der Waals surface area (Å²) in [5.74, 6) is 0.799. The van der Waals surface area contributed by atoms with Gasteiger partial charge in [0, 0.05) is 5.56 Å². The Morgan fingerprint density at radius 1 is 1.19 bits per heavy atom. The second-order valence-electron chi connectivity index (χ2n) is 5.28. The van der Waals surface area contributed by atoms with Crippen LogP contribution >= 0.6 is 0 Å². The molecule has 0 saturated heterocycles. The molecule has 0 aliphatic heterocycles. The lowest BCUT2D eigenvalue weighted by molar-refractivity contribution is 0.112. The van der Waals surface area contributed by atoms with Crippen molar-refractivity contribution in [1.29, 1.82) is 0 Å². The van der Waals surface area contributed by atoms with Gasteiger partial charge in [0.05, 0.1) is 0 Å². The number of rotatable bonds is 6. The van der Waals surface area contributed by atoms with Crippen LogP contribution < -0.4 is 5.32 Å². The predicted octanol–water partition coefficient (Wildman–Crippen LogP) is 3.63. The van der Waals surface area contributed by atoms with E-state index in [0.717, 1.165) is 24.3 Å². The Hall–Kier alpha value is -1.19. The fourth-order valence-corrected chi connectivity index (χ4v) is 1.57. The van der Waals surface area contributed by atoms with Crippen molar-refractivity contribution in [2.24, 2.45) is 5.92 Å². The number of nitrogens with zero attached hydrogens (tertiary/aromatic N) is 1. The highest BCUT2D eigenvalue weighted by Gasteiger charge is 1.99. The monoisotopic (exact) mass is 294 g/mol. The van der Waals surface area contributed by atoms with E-state index in [0.29, 0.717) is 0 Å². The molecule has 0 saturated carbocycles. The summed E-state index contributed by atoms with van der Waals surface area (Å²) in [7, 11) is 6.24. The molecule has 0 aliphatic rings. The maximum Gasteiger partial charge on any atom is 0.150 e. The second-order valence-corrected chi connectivity index (χ2v) is 5.28. The van der Waals surface area contributed by atoms with Crippen LogP contribution in [-0.2, 0) is 0 Å². The highest BCUT2D eigenvalue weighted by molar-refractivity contribution is 5.74. The first kappa shape index (κ1) is 22.1. The first-order chi connectivity index (χ1) is 9.99. The fraction of sp³-hybridized carbons (Fsp3) is 0.611. The van der Waals surface area contributed by atoms with Crippen LogP contribution in [0.4, 0.5) is 0 Å². The Balaban J connectivity index is 0. The van der Waals surface area contributed by atoms with E-state index in [-0.39, 0.29) is 0 Å². The van der Waals surface area contributed by atoms with Crippen LogP contribution in [0.5, 0.6) is 0 Å². The van der Waals surface area contributed by atoms with Crippen LogP contribution in [0.3, 0.4) is 0 Å². The van der Waals surface area contributed by atoms with E-state index in [1.807, 2.05) is 52.1 Å². The van der Waals surface area contributed by atoms with Gasteiger partial charge < -0.3 is 10.2 Å². The van der Waals surface area contributed by atoms with Crippen LogP contribution in [0, 0.1) is 12.8 Å². The van der Waals surface area contributed by atoms with E-state index in [1.165, 1.54) is 18.5 Å². The lowest BCUT2D eigenvalue weighted by Gasteiger charge is -2.14. The number of benzene rings is 1. The lowest BCUT2D eigenvalue weighted by Crippen LogP contribution is -2.21. The van der Waals surface area contributed by atoms with E-state index < -0.39 is 0 Å². The highest BCUT2D eigenvalue weighted by atomic mass is 16.1. The van der Waals surface area contributed by atoms with E-state index in [4.69, 9.17) is 0 Å². The van der Waals surface area contributed by atoms with Crippen LogP contribution in [0.15, 0.2) is 24.3 Å². The van der Waals surface area contributed by atoms with Gasteiger partial charge in [0.1, 0.15) is 6.29 Å². The SMILES string of the molecule is CC.CNCC(C)CCN(C)C.Cc1ccc(C=O)cc1. The van der Waals surface area contributed by atoms with Crippen LogP contribution in [-0.4, -0.2) is 45.4 Å². The zero-order valence-corrected chi connectivity index (χ0v) is 14.9. The lowest BCUT2D eigenvalue weighted by atomic mass is 10.1. The smallest absolute Gasteiger partial charge is 0.150 e. The molecule has 1 aromatic carbocycles. The van der Waals surface area contributed by atoms with Crippen molar-refractivity contribution >= 4 is 6.29 Å². The number of carbonyl (C=O) groups is 1. The number of hydrogen-bond acceptors (Lipinski definition) is 3. The van der Waals surface area contributed by atoms with E-state index in [9.17, 15) is 4.79 Å². The predicted molar refractivity (Wildman–Crippen MR) is 94.2 cm³/mol. The molecule has 1 rings (SSSR count). The van der Waals surface area contributed by atoms with Crippen molar-refractivity contribution in [1.82, 2.24) is 10.2 Å². The van der Waals surface area contributed by atoms with Crippen molar-refractivity contribution in [3.05, 3.63) is 35.4 Å². The molecule has 0 heterocycles. The van der Waals surface area contributed by atoms with Crippen LogP contribution in [0.2, 0.25) is 0 Å².